The van der Waals surface area contributed by atoms with Gasteiger partial charge in [-0.2, -0.15) is 0 Å². The Hall–Kier alpha value is -4.09. The number of ether oxygens (including phenoxy) is 2. The highest BCUT2D eigenvalue weighted by Crippen LogP contribution is 2.52. The van der Waals surface area contributed by atoms with E-state index < -0.39 is 64.4 Å². The maximum Gasteiger partial charge on any atom is 0.235 e. The maximum absolute atomic E-state index is 13.9. The van der Waals surface area contributed by atoms with E-state index in [1.807, 2.05) is 0 Å². The molecule has 4 N–H and O–H groups in total. The van der Waals surface area contributed by atoms with Gasteiger partial charge in [-0.3, -0.25) is 28.9 Å². The predicted octanol–water partition coefficient (Wildman–Crippen LogP) is 0.263. The largest absolute Gasteiger partial charge is 0.507 e. The van der Waals surface area contributed by atoms with E-state index in [1.54, 1.807) is 38.4 Å². The van der Waals surface area contributed by atoms with Gasteiger partial charge in [0.1, 0.15) is 5.75 Å². The molecule has 1 aliphatic heterocycles. The third-order valence-electron chi connectivity index (χ3n) is 8.63. The number of phenolic OH excluding ortho intramolecular Hbond substituents is 1. The summed E-state index contributed by atoms with van der Waals surface area (Å²) < 4.78 is 10.9. The molecule has 39 heavy (non-hydrogen) atoms. The number of phenols is 1. The fourth-order valence-electron chi connectivity index (χ4n) is 6.94. The first-order valence-electron chi connectivity index (χ1n) is 12.6. The van der Waals surface area contributed by atoms with Gasteiger partial charge in [-0.1, -0.05) is 12.1 Å². The zero-order chi connectivity index (χ0) is 28.0. The van der Waals surface area contributed by atoms with Crippen LogP contribution in [-0.4, -0.2) is 76.7 Å². The molecule has 1 heterocycles. The Morgan fingerprint density at radius 1 is 1.05 bits per heavy atom. The van der Waals surface area contributed by atoms with Crippen LogP contribution in [0.25, 0.3) is 11.1 Å². The molecule has 0 aromatic heterocycles. The van der Waals surface area contributed by atoms with Crippen molar-refractivity contribution in [2.24, 2.45) is 29.4 Å². The number of benzene rings is 2. The molecule has 3 aliphatic carbocycles. The van der Waals surface area contributed by atoms with E-state index in [-0.39, 0.29) is 30.9 Å². The number of rotatable bonds is 3. The number of hydrogen-bond acceptors (Lipinski definition) is 10. The lowest BCUT2D eigenvalue weighted by atomic mass is 9.52. The number of amides is 1. The number of aliphatic hydroxyl groups is 1. The molecular weight excluding hydrogens is 508 g/mol. The minimum Gasteiger partial charge on any atom is -0.507 e. The number of primary amides is 1. The molecule has 6 atom stereocenters. The Balaban J connectivity index is 1.48. The van der Waals surface area contributed by atoms with E-state index >= 15 is 0 Å². The van der Waals surface area contributed by atoms with E-state index in [9.17, 15) is 34.2 Å². The van der Waals surface area contributed by atoms with Crippen LogP contribution < -0.4 is 15.2 Å². The molecule has 2 aromatic rings. The van der Waals surface area contributed by atoms with Crippen molar-refractivity contribution in [2.45, 2.75) is 24.5 Å². The lowest BCUT2D eigenvalue weighted by Crippen LogP contribution is -2.74. The lowest BCUT2D eigenvalue weighted by Gasteiger charge is -2.52. The second-order valence-corrected chi connectivity index (χ2v) is 10.8. The zero-order valence-corrected chi connectivity index (χ0v) is 21.2. The van der Waals surface area contributed by atoms with Crippen LogP contribution in [0.4, 0.5) is 0 Å². The van der Waals surface area contributed by atoms with Crippen LogP contribution in [0.1, 0.15) is 22.3 Å². The molecule has 0 radical (unpaired) electrons. The number of hydrogen-bond donors (Lipinski definition) is 3. The average molecular weight is 535 g/mol. The topological polar surface area (TPSA) is 174 Å². The Labute approximate surface area is 222 Å². The fourth-order valence-corrected chi connectivity index (χ4v) is 6.94. The van der Waals surface area contributed by atoms with Crippen LogP contribution in [0.15, 0.2) is 30.3 Å². The summed E-state index contributed by atoms with van der Waals surface area (Å²) in [6.07, 6.45) is 0.157. The van der Waals surface area contributed by atoms with Gasteiger partial charge < -0.3 is 25.4 Å². The van der Waals surface area contributed by atoms with Crippen LogP contribution in [0.3, 0.4) is 0 Å². The molecule has 0 spiro atoms. The first-order chi connectivity index (χ1) is 18.5. The van der Waals surface area contributed by atoms with Crippen molar-refractivity contribution in [3.63, 3.8) is 0 Å². The van der Waals surface area contributed by atoms with Crippen molar-refractivity contribution < 1.29 is 43.7 Å². The van der Waals surface area contributed by atoms with Crippen LogP contribution in [0.5, 0.6) is 17.2 Å². The van der Waals surface area contributed by atoms with Gasteiger partial charge in [0.2, 0.25) is 12.7 Å². The van der Waals surface area contributed by atoms with Crippen molar-refractivity contribution in [1.29, 1.82) is 0 Å². The van der Waals surface area contributed by atoms with Crippen molar-refractivity contribution in [2.75, 3.05) is 20.9 Å². The van der Waals surface area contributed by atoms with Crippen molar-refractivity contribution in [3.05, 3.63) is 41.5 Å². The summed E-state index contributed by atoms with van der Waals surface area (Å²) in [4.78, 5) is 67.9. The quantitative estimate of drug-likeness (QED) is 0.464. The third kappa shape index (κ3) is 3.32. The standard InChI is InChI=1S/C28H26N2O9/c1-30(2)22-15-8-12-7-14-13(11-3-6-17-18(9-11)39-10-38-17)4-5-16(31)20(14)23(32)19(12)25(34)28(15,37)26(35)21(24(22)33)27(29)36/h3-6,9,12,15,19,21-22,31,37H,7-8,10H2,1-2H3,(H2,29,36)/t12?,15?,19?,21?,22-,28-/m0/s1. The number of ketones is 4. The van der Waals surface area contributed by atoms with Gasteiger partial charge in [0.15, 0.2) is 46.2 Å². The molecule has 0 saturated heterocycles. The highest BCUT2D eigenvalue weighted by Gasteiger charge is 2.69. The molecule has 11 heteroatoms. The van der Waals surface area contributed by atoms with E-state index in [1.165, 1.54) is 11.0 Å². The van der Waals surface area contributed by atoms with Crippen LogP contribution in [0, 0.1) is 23.7 Å². The van der Waals surface area contributed by atoms with Crippen molar-refractivity contribution >= 4 is 29.0 Å². The van der Waals surface area contributed by atoms with Crippen LogP contribution in [-0.2, 0) is 25.6 Å². The van der Waals surface area contributed by atoms with Gasteiger partial charge in [0.25, 0.3) is 0 Å². The second-order valence-electron chi connectivity index (χ2n) is 10.8. The first-order valence-corrected chi connectivity index (χ1v) is 12.6. The van der Waals surface area contributed by atoms with E-state index in [4.69, 9.17) is 15.2 Å². The summed E-state index contributed by atoms with van der Waals surface area (Å²) in [7, 11) is 3.09. The molecule has 2 fully saturated rings. The molecule has 202 valence electrons. The number of carbonyl (C=O) groups excluding carboxylic acids is 5. The number of nitrogens with zero attached hydrogens (tertiary/aromatic N) is 1. The molecule has 1 amide bonds. The number of aromatic hydroxyl groups is 1. The molecule has 4 unspecified atom stereocenters. The Morgan fingerprint density at radius 3 is 2.46 bits per heavy atom. The normalized spacial score (nSPS) is 31.1. The Morgan fingerprint density at radius 2 is 1.77 bits per heavy atom. The van der Waals surface area contributed by atoms with Gasteiger partial charge in [-0.25, -0.2) is 0 Å². The number of likely N-dealkylation sites (N-methyl/N-ethyl adjacent to an activating group) is 1. The number of fused-ring (bicyclic) bond motifs is 4. The first kappa shape index (κ1) is 25.2. The molecule has 0 bridgehead atoms. The van der Waals surface area contributed by atoms with Gasteiger partial charge in [-0.15, -0.1) is 0 Å². The van der Waals surface area contributed by atoms with Crippen LogP contribution >= 0.6 is 0 Å². The van der Waals surface area contributed by atoms with E-state index in [2.05, 4.69) is 0 Å². The fraction of sp³-hybridized carbons (Fsp3) is 0.393. The third-order valence-corrected chi connectivity index (χ3v) is 8.63. The Bertz CT molecular complexity index is 1500. The van der Waals surface area contributed by atoms with Gasteiger partial charge in [-0.05, 0) is 67.7 Å². The molecule has 2 aromatic carbocycles. The number of nitrogens with two attached hydrogens (primary N) is 1. The Kier molecular flexibility index (Phi) is 5.46. The monoisotopic (exact) mass is 534 g/mol. The minimum atomic E-state index is -2.75. The summed E-state index contributed by atoms with van der Waals surface area (Å²) in [5.74, 6) is -9.62. The maximum atomic E-state index is 13.9. The minimum absolute atomic E-state index is 0.0138. The molecule has 11 nitrogen and oxygen atoms in total. The van der Waals surface area contributed by atoms with Gasteiger partial charge in [0, 0.05) is 5.92 Å². The van der Waals surface area contributed by atoms with E-state index in [0.717, 1.165) is 0 Å². The SMILES string of the molecule is CN(C)[C@@H]1C(=O)C(C(N)=O)C(=O)[C@@]2(O)C(=O)C3C(=O)c4c(O)ccc(-c5ccc6c(c5)OCO6)c4CC3CC12. The summed E-state index contributed by atoms with van der Waals surface area (Å²) in [6.45, 7) is 0.0855. The average Bonchev–Trinajstić information content (AvgIpc) is 3.34. The molecule has 2 saturated carbocycles. The van der Waals surface area contributed by atoms with Gasteiger partial charge >= 0.3 is 0 Å². The second kappa shape index (κ2) is 8.45. The summed E-state index contributed by atoms with van der Waals surface area (Å²) in [6, 6.07) is 7.19. The zero-order valence-electron chi connectivity index (χ0n) is 21.2. The molecule has 4 aliphatic rings. The highest BCUT2D eigenvalue weighted by molar-refractivity contribution is 6.32. The summed E-state index contributed by atoms with van der Waals surface area (Å²) >= 11 is 0. The smallest absolute Gasteiger partial charge is 0.235 e. The summed E-state index contributed by atoms with van der Waals surface area (Å²) in [5.41, 5.74) is 4.41. The summed E-state index contributed by atoms with van der Waals surface area (Å²) in [5, 5.41) is 22.4. The van der Waals surface area contributed by atoms with Crippen molar-refractivity contribution in [1.82, 2.24) is 4.90 Å². The van der Waals surface area contributed by atoms with Crippen molar-refractivity contribution in [3.8, 4) is 28.4 Å². The van der Waals surface area contributed by atoms with Crippen LogP contribution in [0.2, 0.25) is 0 Å². The van der Waals surface area contributed by atoms with Gasteiger partial charge in [0.05, 0.1) is 17.5 Å². The molecule has 6 rings (SSSR count). The van der Waals surface area contributed by atoms with E-state index in [0.29, 0.717) is 28.2 Å². The lowest BCUT2D eigenvalue weighted by molar-refractivity contribution is -0.181. The molecular formula is C28H26N2O9. The predicted molar refractivity (Wildman–Crippen MR) is 133 cm³/mol. The highest BCUT2D eigenvalue weighted by atomic mass is 16.7. The number of Topliss-reactive ketones (excluding diaryl/α,β-unsaturated/α-hetero) is 4. The number of carbonyl (C=O) groups is 5.